The third-order valence-electron chi connectivity index (χ3n) is 7.50. The van der Waals surface area contributed by atoms with Gasteiger partial charge in [-0.05, 0) is 57.2 Å². The first kappa shape index (κ1) is 23.9. The van der Waals surface area contributed by atoms with Crippen molar-refractivity contribution < 1.29 is 4.74 Å². The first-order chi connectivity index (χ1) is 18.0. The van der Waals surface area contributed by atoms with Crippen LogP contribution in [0.2, 0.25) is 0 Å². The molecule has 4 aromatic rings. The van der Waals surface area contributed by atoms with E-state index in [-0.39, 0.29) is 0 Å². The van der Waals surface area contributed by atoms with Crippen molar-refractivity contribution in [2.45, 2.75) is 40.2 Å². The molecule has 1 unspecified atom stereocenters. The Hall–Kier alpha value is -3.50. The maximum Gasteiger partial charge on any atom is 0.252 e. The van der Waals surface area contributed by atoms with Gasteiger partial charge in [-0.1, -0.05) is 0 Å². The normalized spacial score (nSPS) is 18.7. The van der Waals surface area contributed by atoms with Crippen molar-refractivity contribution in [3.8, 4) is 11.4 Å². The Kier molecular flexibility index (Phi) is 6.52. The fraction of sp³-hybridized carbons (Fsp3) is 0.481. The van der Waals surface area contributed by atoms with E-state index in [0.29, 0.717) is 11.7 Å². The van der Waals surface area contributed by atoms with Crippen LogP contribution in [0.3, 0.4) is 0 Å². The minimum Gasteiger partial charge on any atom is -0.379 e. The van der Waals surface area contributed by atoms with Gasteiger partial charge >= 0.3 is 0 Å². The first-order valence-electron chi connectivity index (χ1n) is 13.1. The highest BCUT2D eigenvalue weighted by Gasteiger charge is 2.25. The van der Waals surface area contributed by atoms with Gasteiger partial charge < -0.3 is 9.64 Å². The van der Waals surface area contributed by atoms with E-state index in [0.717, 1.165) is 98.8 Å². The number of rotatable bonds is 6. The quantitative estimate of drug-likeness (QED) is 0.397. The molecule has 0 radical (unpaired) electrons. The Bertz CT molecular complexity index is 1380. The summed E-state index contributed by atoms with van der Waals surface area (Å²) in [6.07, 6.45) is 7.79. The average molecular weight is 500 g/mol. The Morgan fingerprint density at radius 1 is 0.919 bits per heavy atom. The van der Waals surface area contributed by atoms with Crippen molar-refractivity contribution in [3.05, 3.63) is 59.2 Å². The number of ether oxygens (including phenoxy) is 1. The van der Waals surface area contributed by atoms with Crippen LogP contribution in [0.25, 0.3) is 17.2 Å². The van der Waals surface area contributed by atoms with Crippen LogP contribution in [0.4, 0.5) is 5.69 Å². The monoisotopic (exact) mass is 499 g/mol. The lowest BCUT2D eigenvalue weighted by Crippen LogP contribution is -2.35. The van der Waals surface area contributed by atoms with E-state index in [9.17, 15) is 0 Å². The highest BCUT2D eigenvalue weighted by Crippen LogP contribution is 2.28. The summed E-state index contributed by atoms with van der Waals surface area (Å²) in [5.41, 5.74) is 7.26. The van der Waals surface area contributed by atoms with E-state index >= 15 is 0 Å². The van der Waals surface area contributed by atoms with Gasteiger partial charge in [0.1, 0.15) is 11.5 Å². The summed E-state index contributed by atoms with van der Waals surface area (Å²) in [4.78, 5) is 27.9. The summed E-state index contributed by atoms with van der Waals surface area (Å²) in [7, 11) is 0. The van der Waals surface area contributed by atoms with E-state index < -0.39 is 0 Å². The van der Waals surface area contributed by atoms with E-state index in [1.54, 1.807) is 0 Å². The van der Waals surface area contributed by atoms with Crippen LogP contribution in [0.5, 0.6) is 0 Å². The lowest BCUT2D eigenvalue weighted by Gasteiger charge is -2.25. The number of anilines is 1. The zero-order valence-corrected chi connectivity index (χ0v) is 21.8. The predicted octanol–water partition coefficient (Wildman–Crippen LogP) is 2.80. The van der Waals surface area contributed by atoms with Gasteiger partial charge in [0, 0.05) is 44.1 Å². The number of morpholine rings is 1. The average Bonchev–Trinajstić information content (AvgIpc) is 3.54. The van der Waals surface area contributed by atoms with Gasteiger partial charge in [-0.25, -0.2) is 9.50 Å². The topological polar surface area (TPSA) is 97.5 Å². The SMILES string of the molecule is Cc1nc2nc(C)c(CC3CCN(c4ccc(-c5cnc(CN6CCOCC6)cn5)nc4)C3)c(C)n2n1. The maximum atomic E-state index is 5.42. The zero-order chi connectivity index (χ0) is 25.4. The Balaban J connectivity index is 1.09. The molecule has 2 fully saturated rings. The molecule has 0 aromatic carbocycles. The zero-order valence-electron chi connectivity index (χ0n) is 21.8. The van der Waals surface area contributed by atoms with Gasteiger partial charge in [-0.15, -0.1) is 0 Å². The highest BCUT2D eigenvalue weighted by atomic mass is 16.5. The molecule has 4 aromatic heterocycles. The van der Waals surface area contributed by atoms with E-state index in [1.165, 1.54) is 5.56 Å². The number of pyridine rings is 1. The van der Waals surface area contributed by atoms with Gasteiger partial charge in [0.15, 0.2) is 0 Å². The molecule has 2 aliphatic heterocycles. The number of aromatic nitrogens is 7. The lowest BCUT2D eigenvalue weighted by atomic mass is 9.96. The molecule has 2 aliphatic rings. The molecule has 0 bridgehead atoms. The third-order valence-corrected chi connectivity index (χ3v) is 7.50. The lowest BCUT2D eigenvalue weighted by molar-refractivity contribution is 0.0336. The maximum absolute atomic E-state index is 5.42. The molecule has 1 atom stereocenters. The van der Waals surface area contributed by atoms with Crippen LogP contribution >= 0.6 is 0 Å². The molecule has 6 heterocycles. The largest absolute Gasteiger partial charge is 0.379 e. The minimum absolute atomic E-state index is 0.561. The summed E-state index contributed by atoms with van der Waals surface area (Å²) in [6.45, 7) is 12.4. The molecular weight excluding hydrogens is 466 g/mol. The number of fused-ring (bicyclic) bond motifs is 1. The van der Waals surface area contributed by atoms with Gasteiger partial charge in [-0.3, -0.25) is 19.9 Å². The Labute approximate surface area is 216 Å². The summed E-state index contributed by atoms with van der Waals surface area (Å²) in [6, 6.07) is 4.20. The summed E-state index contributed by atoms with van der Waals surface area (Å²) in [5, 5.41) is 4.52. The first-order valence-corrected chi connectivity index (χ1v) is 13.1. The number of aryl methyl sites for hydroxylation is 3. The second-order valence-corrected chi connectivity index (χ2v) is 10.1. The molecule has 2 saturated heterocycles. The summed E-state index contributed by atoms with van der Waals surface area (Å²) >= 11 is 0. The predicted molar refractivity (Wildman–Crippen MR) is 140 cm³/mol. The number of nitrogens with zero attached hydrogens (tertiary/aromatic N) is 9. The third kappa shape index (κ3) is 5.03. The van der Waals surface area contributed by atoms with Crippen molar-refractivity contribution in [2.24, 2.45) is 5.92 Å². The van der Waals surface area contributed by atoms with Crippen LogP contribution in [0.1, 0.15) is 34.9 Å². The fourth-order valence-electron chi connectivity index (χ4n) is 5.41. The van der Waals surface area contributed by atoms with Crippen LogP contribution in [-0.4, -0.2) is 78.8 Å². The van der Waals surface area contributed by atoms with E-state index in [1.807, 2.05) is 36.1 Å². The van der Waals surface area contributed by atoms with Crippen LogP contribution in [0, 0.1) is 26.7 Å². The Morgan fingerprint density at radius 2 is 1.76 bits per heavy atom. The molecular formula is C27H33N9O. The van der Waals surface area contributed by atoms with Crippen molar-refractivity contribution in [1.29, 1.82) is 0 Å². The van der Waals surface area contributed by atoms with Gasteiger partial charge in [0.05, 0.1) is 48.9 Å². The number of hydrogen-bond donors (Lipinski definition) is 0. The van der Waals surface area contributed by atoms with Crippen molar-refractivity contribution >= 4 is 11.5 Å². The second kappa shape index (κ2) is 10.1. The van der Waals surface area contributed by atoms with Crippen molar-refractivity contribution in [3.63, 3.8) is 0 Å². The van der Waals surface area contributed by atoms with Crippen molar-refractivity contribution in [2.75, 3.05) is 44.3 Å². The van der Waals surface area contributed by atoms with E-state index in [2.05, 4.69) is 49.8 Å². The molecule has 10 nitrogen and oxygen atoms in total. The second-order valence-electron chi connectivity index (χ2n) is 10.1. The Morgan fingerprint density at radius 3 is 2.51 bits per heavy atom. The van der Waals surface area contributed by atoms with Crippen LogP contribution < -0.4 is 4.90 Å². The summed E-state index contributed by atoms with van der Waals surface area (Å²) < 4.78 is 7.30. The van der Waals surface area contributed by atoms with Gasteiger partial charge in [0.25, 0.3) is 5.78 Å². The molecule has 0 N–H and O–H groups in total. The standard InChI is InChI=1S/C27H33N9O/c1-18-24(19(2)36-27(31-18)32-20(3)33-36)12-21-6-7-35(16-21)23-4-5-25(30-14-23)26-15-28-22(13-29-26)17-34-8-10-37-11-9-34/h4-5,13-15,21H,6-12,16-17H2,1-3H3. The minimum atomic E-state index is 0.561. The van der Waals surface area contributed by atoms with E-state index in [4.69, 9.17) is 14.7 Å². The molecule has 0 spiro atoms. The molecule has 0 saturated carbocycles. The number of hydrogen-bond acceptors (Lipinski definition) is 9. The fourth-order valence-corrected chi connectivity index (χ4v) is 5.41. The van der Waals surface area contributed by atoms with Crippen LogP contribution in [0.15, 0.2) is 30.7 Å². The summed E-state index contributed by atoms with van der Waals surface area (Å²) in [5.74, 6) is 2.00. The van der Waals surface area contributed by atoms with Gasteiger partial charge in [-0.2, -0.15) is 10.1 Å². The molecule has 0 aliphatic carbocycles. The smallest absolute Gasteiger partial charge is 0.252 e. The molecule has 0 amide bonds. The van der Waals surface area contributed by atoms with Gasteiger partial charge in [0.2, 0.25) is 0 Å². The molecule has 37 heavy (non-hydrogen) atoms. The highest BCUT2D eigenvalue weighted by molar-refractivity contribution is 5.57. The van der Waals surface area contributed by atoms with Crippen molar-refractivity contribution in [1.82, 2.24) is 39.4 Å². The molecule has 10 heteroatoms. The molecule has 192 valence electrons. The van der Waals surface area contributed by atoms with Crippen LogP contribution in [-0.2, 0) is 17.7 Å². The molecule has 6 rings (SSSR count).